The van der Waals surface area contributed by atoms with E-state index in [0.717, 1.165) is 12.1 Å². The fourth-order valence-electron chi connectivity index (χ4n) is 2.17. The zero-order valence-corrected chi connectivity index (χ0v) is 13.4. The van der Waals surface area contributed by atoms with Gasteiger partial charge in [0.2, 0.25) is 0 Å². The van der Waals surface area contributed by atoms with Gasteiger partial charge in [-0.1, -0.05) is 41.9 Å². The van der Waals surface area contributed by atoms with Crippen LogP contribution in [0.3, 0.4) is 0 Å². The molecule has 0 bridgehead atoms. The Morgan fingerprint density at radius 3 is 2.40 bits per heavy atom. The fraction of sp³-hybridized carbons (Fsp3) is 0.176. The van der Waals surface area contributed by atoms with Gasteiger partial charge >= 0.3 is 18.6 Å². The molecule has 0 aliphatic heterocycles. The summed E-state index contributed by atoms with van der Waals surface area (Å²) < 4.78 is 49.2. The van der Waals surface area contributed by atoms with Gasteiger partial charge in [-0.2, -0.15) is 13.2 Å². The summed E-state index contributed by atoms with van der Waals surface area (Å²) in [5.41, 5.74) is -0.858. The molecule has 2 rings (SSSR count). The summed E-state index contributed by atoms with van der Waals surface area (Å²) in [6, 6.07) is 10.5. The van der Waals surface area contributed by atoms with Crippen molar-refractivity contribution in [2.75, 3.05) is 0 Å². The number of benzene rings is 2. The molecule has 25 heavy (non-hydrogen) atoms. The number of esters is 1. The van der Waals surface area contributed by atoms with Gasteiger partial charge in [-0.15, -0.1) is 0 Å². The maximum atomic E-state index is 13.2. The number of carbonyl (C=O) groups excluding carboxylic acids is 2. The van der Waals surface area contributed by atoms with E-state index < -0.39 is 29.7 Å². The Morgan fingerprint density at radius 2 is 1.80 bits per heavy atom. The monoisotopic (exact) mass is 372 g/mol. The third-order valence-electron chi connectivity index (χ3n) is 3.24. The Bertz CT molecular complexity index is 760. The van der Waals surface area contributed by atoms with Crippen molar-refractivity contribution in [3.63, 3.8) is 0 Å². The number of hydrogen-bond acceptors (Lipinski definition) is 4. The van der Waals surface area contributed by atoms with E-state index in [2.05, 4.69) is 4.74 Å². The molecule has 0 aliphatic rings. The quantitative estimate of drug-likeness (QED) is 0.433. The summed E-state index contributed by atoms with van der Waals surface area (Å²) in [7, 11) is 0. The van der Waals surface area contributed by atoms with Crippen LogP contribution < -0.4 is 4.74 Å². The van der Waals surface area contributed by atoms with Crippen molar-refractivity contribution in [3.8, 4) is 5.75 Å². The first-order valence-corrected chi connectivity index (χ1v) is 7.39. The summed E-state index contributed by atoms with van der Waals surface area (Å²) in [5, 5.41) is -0.0853. The molecular weight excluding hydrogens is 361 g/mol. The van der Waals surface area contributed by atoms with E-state index in [1.807, 2.05) is 0 Å². The van der Waals surface area contributed by atoms with Gasteiger partial charge in [-0.05, 0) is 17.7 Å². The lowest BCUT2D eigenvalue weighted by molar-refractivity contribution is -0.151. The molecule has 0 saturated heterocycles. The van der Waals surface area contributed by atoms with E-state index >= 15 is 0 Å². The second-order valence-electron chi connectivity index (χ2n) is 4.94. The first-order chi connectivity index (χ1) is 11.8. The lowest BCUT2D eigenvalue weighted by atomic mass is 10.0. The molecule has 0 aliphatic carbocycles. The van der Waals surface area contributed by atoms with Gasteiger partial charge in [0.05, 0.1) is 17.0 Å². The van der Waals surface area contributed by atoms with Crippen molar-refractivity contribution in [3.05, 3.63) is 64.2 Å². The number of alkyl halides is 3. The average Bonchev–Trinajstić information content (AvgIpc) is 2.54. The Balaban J connectivity index is 2.41. The van der Waals surface area contributed by atoms with Crippen LogP contribution in [0.2, 0.25) is 5.02 Å². The topological polar surface area (TPSA) is 52.6 Å². The van der Waals surface area contributed by atoms with Crippen LogP contribution in [0.5, 0.6) is 5.75 Å². The molecule has 132 valence electrons. The van der Waals surface area contributed by atoms with Gasteiger partial charge in [0.25, 0.3) is 0 Å². The molecule has 0 heterocycles. The van der Waals surface area contributed by atoms with Crippen molar-refractivity contribution in [1.29, 1.82) is 0 Å². The van der Waals surface area contributed by atoms with E-state index in [-0.39, 0.29) is 23.9 Å². The van der Waals surface area contributed by atoms with Crippen molar-refractivity contribution < 1.29 is 32.2 Å². The molecule has 0 unspecified atom stereocenters. The maximum absolute atomic E-state index is 13.2. The van der Waals surface area contributed by atoms with Gasteiger partial charge in [-0.25, -0.2) is 0 Å². The summed E-state index contributed by atoms with van der Waals surface area (Å²) in [6.45, 7) is -0.192. The van der Waals surface area contributed by atoms with Gasteiger partial charge < -0.3 is 9.47 Å². The van der Waals surface area contributed by atoms with Crippen molar-refractivity contribution in [2.45, 2.75) is 19.2 Å². The molecule has 2 aromatic rings. The highest BCUT2D eigenvalue weighted by Gasteiger charge is 2.36. The Hall–Kier alpha value is -2.54. The van der Waals surface area contributed by atoms with Crippen molar-refractivity contribution in [1.82, 2.24) is 0 Å². The van der Waals surface area contributed by atoms with E-state index in [4.69, 9.17) is 16.3 Å². The Morgan fingerprint density at radius 1 is 1.12 bits per heavy atom. The predicted molar refractivity (Wildman–Crippen MR) is 83.1 cm³/mol. The molecule has 0 N–H and O–H groups in total. The SMILES string of the molecule is O=COC(=O)Cc1c(C(F)(F)F)ccc(Cl)c1OCc1ccccc1. The molecule has 0 atom stereocenters. The third kappa shape index (κ3) is 4.96. The third-order valence-corrected chi connectivity index (χ3v) is 3.54. The minimum Gasteiger partial charge on any atom is -0.487 e. The fourth-order valence-corrected chi connectivity index (χ4v) is 2.40. The maximum Gasteiger partial charge on any atom is 0.416 e. The summed E-state index contributed by atoms with van der Waals surface area (Å²) in [4.78, 5) is 21.7. The second-order valence-corrected chi connectivity index (χ2v) is 5.34. The number of rotatable bonds is 6. The Labute approximate surface area is 146 Å². The lowest BCUT2D eigenvalue weighted by Gasteiger charge is -2.18. The van der Waals surface area contributed by atoms with Crippen LogP contribution in [0.25, 0.3) is 0 Å². The number of hydrogen-bond donors (Lipinski definition) is 0. The molecule has 0 saturated carbocycles. The zero-order valence-electron chi connectivity index (χ0n) is 12.7. The van der Waals surface area contributed by atoms with Crippen LogP contribution in [0.15, 0.2) is 42.5 Å². The van der Waals surface area contributed by atoms with Gasteiger partial charge in [-0.3, -0.25) is 9.59 Å². The highest BCUT2D eigenvalue weighted by Crippen LogP contribution is 2.40. The molecule has 8 heteroatoms. The highest BCUT2D eigenvalue weighted by atomic mass is 35.5. The normalized spacial score (nSPS) is 11.0. The van der Waals surface area contributed by atoms with Crippen LogP contribution in [-0.4, -0.2) is 12.4 Å². The molecule has 2 aromatic carbocycles. The largest absolute Gasteiger partial charge is 0.487 e. The van der Waals surface area contributed by atoms with Crippen molar-refractivity contribution in [2.24, 2.45) is 0 Å². The molecule has 0 amide bonds. The number of carbonyl (C=O) groups is 2. The summed E-state index contributed by atoms with van der Waals surface area (Å²) >= 11 is 5.96. The molecule has 0 spiro atoms. The van der Waals surface area contributed by atoms with Crippen LogP contribution in [0.1, 0.15) is 16.7 Å². The van der Waals surface area contributed by atoms with E-state index in [9.17, 15) is 22.8 Å². The molecule has 0 radical (unpaired) electrons. The molecule has 0 aromatic heterocycles. The lowest BCUT2D eigenvalue weighted by Crippen LogP contribution is -2.16. The smallest absolute Gasteiger partial charge is 0.416 e. The molecule has 0 fully saturated rings. The number of ether oxygens (including phenoxy) is 2. The number of halogens is 4. The second kappa shape index (κ2) is 8.02. The highest BCUT2D eigenvalue weighted by molar-refractivity contribution is 6.32. The van der Waals surface area contributed by atoms with Crippen LogP contribution >= 0.6 is 11.6 Å². The molecule has 4 nitrogen and oxygen atoms in total. The predicted octanol–water partition coefficient (Wildman–Crippen LogP) is 4.18. The van der Waals surface area contributed by atoms with Gasteiger partial charge in [0.1, 0.15) is 12.4 Å². The van der Waals surface area contributed by atoms with Gasteiger partial charge in [0.15, 0.2) is 0 Å². The van der Waals surface area contributed by atoms with Gasteiger partial charge in [0, 0.05) is 5.56 Å². The van der Waals surface area contributed by atoms with Crippen molar-refractivity contribution >= 4 is 24.0 Å². The van der Waals surface area contributed by atoms with E-state index in [1.54, 1.807) is 30.3 Å². The standard InChI is InChI=1S/C17H12ClF3O4/c18-14-7-6-13(17(19,20)21)12(8-15(23)25-10-22)16(14)24-9-11-4-2-1-3-5-11/h1-7,10H,8-9H2. The summed E-state index contributed by atoms with van der Waals surface area (Å²) in [5.74, 6) is -1.42. The van der Waals surface area contributed by atoms with E-state index in [1.165, 1.54) is 0 Å². The van der Waals surface area contributed by atoms with Crippen LogP contribution in [0, 0.1) is 0 Å². The summed E-state index contributed by atoms with van der Waals surface area (Å²) in [6.07, 6.45) is -5.54. The average molecular weight is 373 g/mol. The minimum absolute atomic E-state index is 0.0440. The van der Waals surface area contributed by atoms with Crippen LogP contribution in [0.4, 0.5) is 13.2 Å². The Kier molecular flexibility index (Phi) is 6.03. The minimum atomic E-state index is -4.73. The first-order valence-electron chi connectivity index (χ1n) is 7.01. The first kappa shape index (κ1) is 18.8. The zero-order chi connectivity index (χ0) is 18.4. The molecular formula is C17H12ClF3O4. The van der Waals surface area contributed by atoms with Crippen LogP contribution in [-0.2, 0) is 33.5 Å². The van der Waals surface area contributed by atoms with E-state index in [0.29, 0.717) is 5.56 Å².